The van der Waals surface area contributed by atoms with Crippen LogP contribution in [0.5, 0.6) is 0 Å². The first-order chi connectivity index (χ1) is 13.5. The Balaban J connectivity index is 1.68. The molecule has 1 fully saturated rings. The van der Waals surface area contributed by atoms with E-state index in [0.29, 0.717) is 17.4 Å². The number of hydrogen-bond acceptors (Lipinski definition) is 6. The average Bonchev–Trinajstić information content (AvgIpc) is 2.69. The molecule has 0 atom stereocenters. The standard InChI is InChI=1S/C22H30N6/c1-5-20-21(24-12-16(3)27-20)11-19(23)14-26-22-15(2)10-18(13-25-22)17-6-8-28(4)9-7-17/h10-14,17,23-24H,5-9H2,1-4H3/b21-11-,23-19?,26-14+. The van der Waals surface area contributed by atoms with E-state index < -0.39 is 0 Å². The zero-order valence-electron chi connectivity index (χ0n) is 17.3. The van der Waals surface area contributed by atoms with E-state index in [1.807, 2.05) is 26.2 Å². The molecule has 0 amide bonds. The third-order valence-corrected chi connectivity index (χ3v) is 5.28. The van der Waals surface area contributed by atoms with E-state index in [1.165, 1.54) is 18.4 Å². The second-order valence-corrected chi connectivity index (χ2v) is 7.60. The van der Waals surface area contributed by atoms with Gasteiger partial charge in [0.1, 0.15) is 0 Å². The summed E-state index contributed by atoms with van der Waals surface area (Å²) in [7, 11) is 2.18. The Labute approximate surface area is 167 Å². The van der Waals surface area contributed by atoms with Gasteiger partial charge >= 0.3 is 0 Å². The highest BCUT2D eigenvalue weighted by molar-refractivity contribution is 6.35. The van der Waals surface area contributed by atoms with Gasteiger partial charge in [-0.05, 0) is 76.4 Å². The molecule has 0 aliphatic carbocycles. The summed E-state index contributed by atoms with van der Waals surface area (Å²) in [5.74, 6) is 1.26. The molecule has 0 bridgehead atoms. The Morgan fingerprint density at radius 2 is 2.11 bits per heavy atom. The minimum atomic E-state index is 0.317. The zero-order chi connectivity index (χ0) is 20.1. The van der Waals surface area contributed by atoms with E-state index in [4.69, 9.17) is 5.41 Å². The third-order valence-electron chi connectivity index (χ3n) is 5.28. The number of hydrogen-bond donors (Lipinski definition) is 2. The molecular formula is C22H30N6. The highest BCUT2D eigenvalue weighted by Gasteiger charge is 2.19. The van der Waals surface area contributed by atoms with Crippen LogP contribution in [0.3, 0.4) is 0 Å². The maximum Gasteiger partial charge on any atom is 0.154 e. The van der Waals surface area contributed by atoms with Crippen molar-refractivity contribution >= 4 is 23.5 Å². The van der Waals surface area contributed by atoms with Crippen molar-refractivity contribution in [3.63, 3.8) is 0 Å². The molecular weight excluding hydrogens is 348 g/mol. The summed E-state index contributed by atoms with van der Waals surface area (Å²) in [5, 5.41) is 11.4. The van der Waals surface area contributed by atoms with Gasteiger partial charge in [-0.1, -0.05) is 13.0 Å². The molecule has 2 aliphatic rings. The van der Waals surface area contributed by atoms with Gasteiger partial charge < -0.3 is 10.2 Å². The Hall–Kier alpha value is -2.60. The predicted octanol–water partition coefficient (Wildman–Crippen LogP) is 4.12. The largest absolute Gasteiger partial charge is 0.358 e. The maximum atomic E-state index is 8.21. The van der Waals surface area contributed by atoms with Gasteiger partial charge in [-0.2, -0.15) is 0 Å². The Kier molecular flexibility index (Phi) is 6.52. The van der Waals surface area contributed by atoms with Gasteiger partial charge in [0.25, 0.3) is 0 Å². The second kappa shape index (κ2) is 9.06. The van der Waals surface area contributed by atoms with Gasteiger partial charge in [-0.15, -0.1) is 0 Å². The minimum absolute atomic E-state index is 0.317. The number of rotatable bonds is 5. The highest BCUT2D eigenvalue weighted by atomic mass is 15.1. The number of allylic oxidation sites excluding steroid dienone is 3. The average molecular weight is 379 g/mol. The molecule has 0 spiro atoms. The van der Waals surface area contributed by atoms with E-state index in [2.05, 4.69) is 45.2 Å². The van der Waals surface area contributed by atoms with Crippen LogP contribution in [0.25, 0.3) is 0 Å². The molecule has 1 aromatic heterocycles. The SMILES string of the molecule is CCC1=NC(C)=CN/C1=C\C(=N)/C=N/c1ncc(C2CCN(C)CC2)cc1C. The van der Waals surface area contributed by atoms with E-state index in [0.717, 1.165) is 42.2 Å². The van der Waals surface area contributed by atoms with Crippen molar-refractivity contribution in [3.05, 3.63) is 47.1 Å². The molecule has 28 heavy (non-hydrogen) atoms. The Bertz CT molecular complexity index is 854. The summed E-state index contributed by atoms with van der Waals surface area (Å²) < 4.78 is 0. The van der Waals surface area contributed by atoms with E-state index in [9.17, 15) is 0 Å². The lowest BCUT2D eigenvalue weighted by Crippen LogP contribution is -2.29. The van der Waals surface area contributed by atoms with Crippen LogP contribution in [0.15, 0.2) is 45.9 Å². The Morgan fingerprint density at radius 3 is 2.79 bits per heavy atom. The summed E-state index contributed by atoms with van der Waals surface area (Å²) >= 11 is 0. The molecule has 148 valence electrons. The monoisotopic (exact) mass is 378 g/mol. The van der Waals surface area contributed by atoms with Gasteiger partial charge in [0.2, 0.25) is 0 Å². The van der Waals surface area contributed by atoms with Gasteiger partial charge in [0.05, 0.1) is 29.0 Å². The van der Waals surface area contributed by atoms with E-state index in [-0.39, 0.29) is 0 Å². The summed E-state index contributed by atoms with van der Waals surface area (Å²) in [5.41, 5.74) is 5.43. The molecule has 0 unspecified atom stereocenters. The van der Waals surface area contributed by atoms with Gasteiger partial charge in [-0.25, -0.2) is 9.98 Å². The van der Waals surface area contributed by atoms with Crippen LogP contribution in [0.2, 0.25) is 0 Å². The molecule has 6 heteroatoms. The van der Waals surface area contributed by atoms with Crippen LogP contribution < -0.4 is 5.32 Å². The van der Waals surface area contributed by atoms with Crippen molar-refractivity contribution in [1.82, 2.24) is 15.2 Å². The van der Waals surface area contributed by atoms with Gasteiger partial charge in [-0.3, -0.25) is 10.4 Å². The lowest BCUT2D eigenvalue weighted by molar-refractivity contribution is 0.255. The molecule has 2 N–H and O–H groups in total. The first-order valence-corrected chi connectivity index (χ1v) is 9.97. The van der Waals surface area contributed by atoms with E-state index in [1.54, 1.807) is 12.3 Å². The maximum absolute atomic E-state index is 8.21. The number of nitrogens with one attached hydrogen (secondary N) is 2. The van der Waals surface area contributed by atoms with Gasteiger partial charge in [0.15, 0.2) is 5.82 Å². The van der Waals surface area contributed by atoms with Crippen molar-refractivity contribution in [2.75, 3.05) is 20.1 Å². The summed E-state index contributed by atoms with van der Waals surface area (Å²) in [4.78, 5) is 15.9. The number of pyridine rings is 1. The molecule has 1 aromatic rings. The highest BCUT2D eigenvalue weighted by Crippen LogP contribution is 2.29. The summed E-state index contributed by atoms with van der Waals surface area (Å²) in [6.45, 7) is 8.33. The third kappa shape index (κ3) is 5.01. The smallest absolute Gasteiger partial charge is 0.154 e. The van der Waals surface area contributed by atoms with Crippen LogP contribution in [-0.2, 0) is 0 Å². The number of aromatic nitrogens is 1. The summed E-state index contributed by atoms with van der Waals surface area (Å²) in [6, 6.07) is 2.20. The molecule has 2 aliphatic heterocycles. The van der Waals surface area contributed by atoms with Crippen molar-refractivity contribution in [2.24, 2.45) is 9.98 Å². The molecule has 0 aromatic carbocycles. The van der Waals surface area contributed by atoms with Crippen LogP contribution in [0.4, 0.5) is 5.82 Å². The van der Waals surface area contributed by atoms with Crippen LogP contribution in [0.1, 0.15) is 50.2 Å². The first kappa shape index (κ1) is 20.1. The molecule has 0 saturated carbocycles. The lowest BCUT2D eigenvalue weighted by Gasteiger charge is -2.29. The lowest BCUT2D eigenvalue weighted by atomic mass is 9.90. The van der Waals surface area contributed by atoms with Gasteiger partial charge in [0, 0.05) is 12.4 Å². The molecule has 3 rings (SSSR count). The number of piperidine rings is 1. The van der Waals surface area contributed by atoms with Crippen LogP contribution in [-0.4, -0.2) is 47.7 Å². The van der Waals surface area contributed by atoms with Crippen molar-refractivity contribution < 1.29 is 0 Å². The number of likely N-dealkylation sites (tertiary alicyclic amines) is 1. The molecule has 0 radical (unpaired) electrons. The first-order valence-electron chi connectivity index (χ1n) is 9.97. The number of nitrogens with zero attached hydrogens (tertiary/aromatic N) is 4. The summed E-state index contributed by atoms with van der Waals surface area (Å²) in [6.07, 6.45) is 10.3. The fourth-order valence-electron chi connectivity index (χ4n) is 3.58. The van der Waals surface area contributed by atoms with Crippen LogP contribution >= 0.6 is 0 Å². The van der Waals surface area contributed by atoms with Crippen molar-refractivity contribution in [1.29, 1.82) is 5.41 Å². The molecule has 6 nitrogen and oxygen atoms in total. The van der Waals surface area contributed by atoms with Crippen molar-refractivity contribution in [2.45, 2.75) is 46.0 Å². The van der Waals surface area contributed by atoms with E-state index >= 15 is 0 Å². The van der Waals surface area contributed by atoms with Crippen molar-refractivity contribution in [3.8, 4) is 0 Å². The normalized spacial score (nSPS) is 20.2. The second-order valence-electron chi connectivity index (χ2n) is 7.60. The fourth-order valence-corrected chi connectivity index (χ4v) is 3.58. The zero-order valence-corrected chi connectivity index (χ0v) is 17.3. The minimum Gasteiger partial charge on any atom is -0.358 e. The molecule has 3 heterocycles. The Morgan fingerprint density at radius 1 is 1.36 bits per heavy atom. The predicted molar refractivity (Wildman–Crippen MR) is 117 cm³/mol. The number of aliphatic imine (C=N–C) groups is 2. The van der Waals surface area contributed by atoms with Crippen LogP contribution in [0, 0.1) is 12.3 Å². The quantitative estimate of drug-likeness (QED) is 0.757. The molecule has 1 saturated heterocycles. The topological polar surface area (TPSA) is 76.7 Å². The number of aryl methyl sites for hydroxylation is 1. The fraction of sp³-hybridized carbons (Fsp3) is 0.455.